The molecule has 0 unspecified atom stereocenters. The van der Waals surface area contributed by atoms with E-state index in [9.17, 15) is 14.4 Å². The molecule has 0 radical (unpaired) electrons. The normalized spacial score (nSPS) is 10.5. The molecular formula is C9H9Cl3O5. The summed E-state index contributed by atoms with van der Waals surface area (Å²) in [6, 6.07) is 0. The Balaban J connectivity index is 3.88. The van der Waals surface area contributed by atoms with Crippen molar-refractivity contribution >= 4 is 53.0 Å². The highest BCUT2D eigenvalue weighted by molar-refractivity contribution is 6.67. The lowest BCUT2D eigenvalue weighted by molar-refractivity contribution is -0.156. The standard InChI is InChI=1S/C9H9Cl3O5/c1-6(2-3-13)8(15)16-4-7(14)17-5-9(10,11)12/h3H,1-2,4-5H2. The SMILES string of the molecule is C=C(CC=O)C(=O)OCC(=O)OCC(Cl)(Cl)Cl. The highest BCUT2D eigenvalue weighted by Gasteiger charge is 2.22. The maximum absolute atomic E-state index is 11.1. The van der Waals surface area contributed by atoms with Gasteiger partial charge in [0.25, 0.3) is 0 Å². The second-order valence-corrected chi connectivity index (χ2v) is 5.34. The van der Waals surface area contributed by atoms with Crippen molar-refractivity contribution in [1.82, 2.24) is 0 Å². The highest BCUT2D eigenvalue weighted by Crippen LogP contribution is 2.25. The van der Waals surface area contributed by atoms with Gasteiger partial charge in [-0.3, -0.25) is 0 Å². The lowest BCUT2D eigenvalue weighted by Crippen LogP contribution is -2.22. The molecule has 0 aliphatic heterocycles. The Labute approximate surface area is 113 Å². The topological polar surface area (TPSA) is 69.7 Å². The third-order valence-electron chi connectivity index (χ3n) is 1.34. The van der Waals surface area contributed by atoms with Crippen LogP contribution in [0.4, 0.5) is 0 Å². The average molecular weight is 304 g/mol. The van der Waals surface area contributed by atoms with E-state index in [2.05, 4.69) is 16.1 Å². The summed E-state index contributed by atoms with van der Waals surface area (Å²) in [6.45, 7) is 2.19. The first-order valence-corrected chi connectivity index (χ1v) is 5.40. The number of aldehydes is 1. The van der Waals surface area contributed by atoms with Gasteiger partial charge >= 0.3 is 11.9 Å². The molecule has 96 valence electrons. The van der Waals surface area contributed by atoms with Crippen molar-refractivity contribution in [3.63, 3.8) is 0 Å². The average Bonchev–Trinajstić information content (AvgIpc) is 2.22. The van der Waals surface area contributed by atoms with Gasteiger partial charge < -0.3 is 14.3 Å². The maximum atomic E-state index is 11.1. The Hall–Kier alpha value is -0.780. The van der Waals surface area contributed by atoms with Crippen LogP contribution in [0, 0.1) is 0 Å². The second kappa shape index (κ2) is 7.53. The summed E-state index contributed by atoms with van der Waals surface area (Å²) in [4.78, 5) is 32.1. The third kappa shape index (κ3) is 8.97. The summed E-state index contributed by atoms with van der Waals surface area (Å²) in [5.74, 6) is -1.73. The van der Waals surface area contributed by atoms with E-state index in [1.165, 1.54) is 0 Å². The molecule has 0 N–H and O–H groups in total. The van der Waals surface area contributed by atoms with E-state index in [0.29, 0.717) is 6.29 Å². The van der Waals surface area contributed by atoms with Crippen LogP contribution in [0.5, 0.6) is 0 Å². The summed E-state index contributed by atoms with van der Waals surface area (Å²) in [5, 5.41) is 0. The summed E-state index contributed by atoms with van der Waals surface area (Å²) in [7, 11) is 0. The van der Waals surface area contributed by atoms with Gasteiger partial charge in [0, 0.05) is 12.0 Å². The van der Waals surface area contributed by atoms with Crippen LogP contribution in [0.1, 0.15) is 6.42 Å². The van der Waals surface area contributed by atoms with Crippen LogP contribution in [-0.2, 0) is 23.9 Å². The molecule has 0 bridgehead atoms. The van der Waals surface area contributed by atoms with Crippen molar-refractivity contribution in [3.05, 3.63) is 12.2 Å². The zero-order chi connectivity index (χ0) is 13.5. The molecule has 0 atom stereocenters. The lowest BCUT2D eigenvalue weighted by Gasteiger charge is -2.11. The molecule has 0 rings (SSSR count). The summed E-state index contributed by atoms with van der Waals surface area (Å²) < 4.78 is 7.25. The number of carbonyl (C=O) groups excluding carboxylic acids is 3. The number of alkyl halides is 3. The zero-order valence-corrected chi connectivity index (χ0v) is 10.8. The van der Waals surface area contributed by atoms with Crippen molar-refractivity contribution < 1.29 is 23.9 Å². The molecule has 0 aliphatic rings. The molecule has 0 heterocycles. The van der Waals surface area contributed by atoms with Gasteiger partial charge in [-0.05, 0) is 0 Å². The minimum Gasteiger partial charge on any atom is -0.459 e. The van der Waals surface area contributed by atoms with Gasteiger partial charge in [-0.15, -0.1) is 0 Å². The molecule has 0 aromatic heterocycles. The van der Waals surface area contributed by atoms with Crippen LogP contribution in [0.25, 0.3) is 0 Å². The smallest absolute Gasteiger partial charge is 0.344 e. The van der Waals surface area contributed by atoms with Crippen LogP contribution in [0.2, 0.25) is 0 Å². The van der Waals surface area contributed by atoms with Crippen molar-refractivity contribution in [2.75, 3.05) is 13.2 Å². The number of halogens is 3. The molecule has 0 aromatic rings. The van der Waals surface area contributed by atoms with E-state index in [1.54, 1.807) is 0 Å². The quantitative estimate of drug-likeness (QED) is 0.322. The molecule has 0 aromatic carbocycles. The van der Waals surface area contributed by atoms with Gasteiger partial charge in [0.2, 0.25) is 3.79 Å². The molecule has 8 heteroatoms. The second-order valence-electron chi connectivity index (χ2n) is 2.83. The van der Waals surface area contributed by atoms with Gasteiger partial charge in [-0.25, -0.2) is 9.59 Å². The number of hydrogen-bond acceptors (Lipinski definition) is 5. The molecule has 17 heavy (non-hydrogen) atoms. The Morgan fingerprint density at radius 2 is 1.82 bits per heavy atom. The number of rotatable bonds is 6. The first-order chi connectivity index (χ1) is 7.76. The van der Waals surface area contributed by atoms with Crippen LogP contribution in [0.15, 0.2) is 12.2 Å². The molecule has 0 spiro atoms. The minimum absolute atomic E-state index is 0.0609. The molecule has 0 saturated carbocycles. The first-order valence-electron chi connectivity index (χ1n) is 4.27. The summed E-state index contributed by atoms with van der Waals surface area (Å²) in [5.41, 5.74) is -0.0609. The van der Waals surface area contributed by atoms with E-state index in [-0.39, 0.29) is 12.0 Å². The molecule has 0 amide bonds. The monoisotopic (exact) mass is 302 g/mol. The first kappa shape index (κ1) is 16.2. The lowest BCUT2D eigenvalue weighted by atomic mass is 10.2. The maximum Gasteiger partial charge on any atom is 0.344 e. The van der Waals surface area contributed by atoms with Gasteiger partial charge in [-0.2, -0.15) is 0 Å². The van der Waals surface area contributed by atoms with E-state index < -0.39 is 28.9 Å². The zero-order valence-electron chi connectivity index (χ0n) is 8.58. The van der Waals surface area contributed by atoms with Crippen molar-refractivity contribution in [1.29, 1.82) is 0 Å². The van der Waals surface area contributed by atoms with Crippen LogP contribution in [-0.4, -0.2) is 35.2 Å². The van der Waals surface area contributed by atoms with E-state index in [0.717, 1.165) is 0 Å². The number of carbonyl (C=O) groups is 3. The van der Waals surface area contributed by atoms with E-state index >= 15 is 0 Å². The predicted molar refractivity (Wildman–Crippen MR) is 62.0 cm³/mol. The number of hydrogen-bond donors (Lipinski definition) is 0. The Kier molecular flexibility index (Phi) is 7.18. The van der Waals surface area contributed by atoms with E-state index in [4.69, 9.17) is 34.8 Å². The molecule has 0 saturated heterocycles. The minimum atomic E-state index is -1.72. The molecular weight excluding hydrogens is 294 g/mol. The van der Waals surface area contributed by atoms with Crippen molar-refractivity contribution in [2.45, 2.75) is 10.2 Å². The Morgan fingerprint density at radius 1 is 1.24 bits per heavy atom. The summed E-state index contributed by atoms with van der Waals surface area (Å²) >= 11 is 16.0. The van der Waals surface area contributed by atoms with Crippen LogP contribution >= 0.6 is 34.8 Å². The third-order valence-corrected chi connectivity index (χ3v) is 1.66. The van der Waals surface area contributed by atoms with Gasteiger partial charge in [0.15, 0.2) is 6.61 Å². The number of esters is 2. The highest BCUT2D eigenvalue weighted by atomic mass is 35.6. The van der Waals surface area contributed by atoms with Crippen molar-refractivity contribution in [3.8, 4) is 0 Å². The van der Waals surface area contributed by atoms with Crippen LogP contribution < -0.4 is 0 Å². The largest absolute Gasteiger partial charge is 0.459 e. The Morgan fingerprint density at radius 3 is 2.29 bits per heavy atom. The van der Waals surface area contributed by atoms with Gasteiger partial charge in [0.1, 0.15) is 12.9 Å². The van der Waals surface area contributed by atoms with Gasteiger partial charge in [0.05, 0.1) is 0 Å². The van der Waals surface area contributed by atoms with Crippen molar-refractivity contribution in [2.24, 2.45) is 0 Å². The van der Waals surface area contributed by atoms with Gasteiger partial charge in [-0.1, -0.05) is 41.4 Å². The fraction of sp³-hybridized carbons (Fsp3) is 0.444. The fourth-order valence-electron chi connectivity index (χ4n) is 0.614. The summed E-state index contributed by atoms with van der Waals surface area (Å²) in [6.07, 6.45) is 0.326. The molecule has 5 nitrogen and oxygen atoms in total. The number of ether oxygens (including phenoxy) is 2. The predicted octanol–water partition coefficient (Wildman–Crippen LogP) is 1.59. The molecule has 0 aliphatic carbocycles. The Bertz CT molecular complexity index is 321. The van der Waals surface area contributed by atoms with E-state index in [1.807, 2.05) is 0 Å². The molecule has 0 fully saturated rings. The fourth-order valence-corrected chi connectivity index (χ4v) is 0.778. The van der Waals surface area contributed by atoms with Crippen LogP contribution in [0.3, 0.4) is 0 Å².